The summed E-state index contributed by atoms with van der Waals surface area (Å²) in [5, 5.41) is 45.5. The van der Waals surface area contributed by atoms with Crippen molar-refractivity contribution in [3.8, 4) is 0 Å². The van der Waals surface area contributed by atoms with Gasteiger partial charge in [-0.1, -0.05) is 79.4 Å². The van der Waals surface area contributed by atoms with E-state index in [1.54, 1.807) is 33.8 Å². The second kappa shape index (κ2) is 12.0. The Morgan fingerprint density at radius 1 is 1.12 bits per heavy atom. The average molecular weight is 605 g/mol. The van der Waals surface area contributed by atoms with Crippen LogP contribution in [0.25, 0.3) is 0 Å². The summed E-state index contributed by atoms with van der Waals surface area (Å²) >= 11 is 0. The summed E-state index contributed by atoms with van der Waals surface area (Å²) in [6.45, 7) is 11.9. The van der Waals surface area contributed by atoms with Gasteiger partial charge in [-0.15, -0.1) is 0 Å². The summed E-state index contributed by atoms with van der Waals surface area (Å²) in [7, 11) is 0. The summed E-state index contributed by atoms with van der Waals surface area (Å²) in [6, 6.07) is 0. The summed E-state index contributed by atoms with van der Waals surface area (Å²) in [6.07, 6.45) is 5.26. The van der Waals surface area contributed by atoms with Crippen LogP contribution in [0.4, 0.5) is 0 Å². The summed E-state index contributed by atoms with van der Waals surface area (Å²) in [5.41, 5.74) is -5.68. The molecule has 43 heavy (non-hydrogen) atoms. The smallest absolute Gasteiger partial charge is 0.309 e. The van der Waals surface area contributed by atoms with Crippen LogP contribution < -0.4 is 0 Å². The molecule has 9 heteroatoms. The van der Waals surface area contributed by atoms with Gasteiger partial charge in [0.1, 0.15) is 11.7 Å². The van der Waals surface area contributed by atoms with E-state index in [2.05, 4.69) is 6.92 Å². The van der Waals surface area contributed by atoms with E-state index in [9.17, 15) is 34.8 Å². The Balaban J connectivity index is 1.78. The van der Waals surface area contributed by atoms with E-state index in [1.165, 1.54) is 6.08 Å². The topological polar surface area (TPSA) is 151 Å². The van der Waals surface area contributed by atoms with Crippen LogP contribution in [0.1, 0.15) is 93.4 Å². The zero-order chi connectivity index (χ0) is 32.1. The summed E-state index contributed by atoms with van der Waals surface area (Å²) < 4.78 is 12.2. The molecular formula is C34H52O9. The van der Waals surface area contributed by atoms with Crippen LogP contribution in [0.2, 0.25) is 0 Å². The number of carbonyl (C=O) groups excluding carboxylic acids is 3. The average Bonchev–Trinajstić information content (AvgIpc) is 3.41. The number of allylic oxidation sites excluding steroid dienone is 1. The zero-order valence-corrected chi connectivity index (χ0v) is 26.9. The van der Waals surface area contributed by atoms with E-state index >= 15 is 0 Å². The lowest BCUT2D eigenvalue weighted by Gasteiger charge is -2.49. The van der Waals surface area contributed by atoms with Gasteiger partial charge in [-0.3, -0.25) is 14.4 Å². The molecule has 0 aromatic rings. The predicted molar refractivity (Wildman–Crippen MR) is 159 cm³/mol. The highest BCUT2D eigenvalue weighted by molar-refractivity contribution is 5.96. The Bertz CT molecular complexity index is 1170. The van der Waals surface area contributed by atoms with E-state index in [-0.39, 0.29) is 36.9 Å². The number of hydrogen-bond donors (Lipinski definition) is 4. The fourth-order valence-corrected chi connectivity index (χ4v) is 8.56. The number of esters is 2. The Morgan fingerprint density at radius 3 is 2.35 bits per heavy atom. The van der Waals surface area contributed by atoms with Crippen molar-refractivity contribution >= 4 is 17.7 Å². The molecule has 0 aliphatic heterocycles. The van der Waals surface area contributed by atoms with Crippen molar-refractivity contribution in [2.24, 2.45) is 40.4 Å². The maximum absolute atomic E-state index is 14.8. The molecule has 2 fully saturated rings. The number of ether oxygens (including phenoxy) is 2. The Morgan fingerprint density at radius 2 is 1.77 bits per heavy atom. The first-order valence-corrected chi connectivity index (χ1v) is 16.1. The number of rotatable bonds is 12. The normalized spacial score (nSPS) is 40.5. The quantitative estimate of drug-likeness (QED) is 0.149. The number of unbranched alkanes of at least 4 members (excludes halogenated alkanes) is 4. The molecule has 0 saturated heterocycles. The van der Waals surface area contributed by atoms with Crippen LogP contribution in [-0.4, -0.2) is 74.8 Å². The van der Waals surface area contributed by atoms with Crippen LogP contribution in [-0.2, 0) is 23.9 Å². The molecule has 10 atom stereocenters. The highest BCUT2D eigenvalue weighted by atomic mass is 16.6. The highest BCUT2D eigenvalue weighted by Gasteiger charge is 2.84. The number of hydrogen-bond acceptors (Lipinski definition) is 9. The third kappa shape index (κ3) is 4.84. The molecule has 4 aliphatic carbocycles. The third-order valence-corrected chi connectivity index (χ3v) is 11.5. The predicted octanol–water partition coefficient (Wildman–Crippen LogP) is 3.66. The summed E-state index contributed by atoms with van der Waals surface area (Å²) in [5.74, 6) is -4.18. The molecule has 0 amide bonds. The molecule has 4 rings (SSSR count). The molecule has 242 valence electrons. The molecule has 0 aromatic carbocycles. The number of ketones is 1. The Kier molecular flexibility index (Phi) is 9.46. The first-order valence-electron chi connectivity index (χ1n) is 16.1. The number of carbonyl (C=O) groups is 3. The highest BCUT2D eigenvalue weighted by Crippen LogP contribution is 2.75. The second-order valence-electron chi connectivity index (χ2n) is 14.3. The standard InChI is InChI=1S/C34H52O9/c1-8-9-10-11-12-13-25(37)43-33-16-21(5)32-15-20(4)29(42-30(40)22(6)19(2)3)34(32,41)27(38)23(17-35)14-24(28(32)39)26(33)31(33,7)18-36/h14-15,19,21-22,24,26-27,29,35-36,38,41H,8-13,16-18H2,1-7H3/t21-,22?,24+,26-,27-,29+,31?,32+,33+,34+/m1/s1. The molecule has 2 saturated carbocycles. The van der Waals surface area contributed by atoms with E-state index in [4.69, 9.17) is 9.47 Å². The SMILES string of the molecule is CCCCCCCC(=O)O[C@@]12C[C@@H](C)[C@]34C=C(C)[C@H](OC(=O)C(C)C(C)C)[C@@]3(O)[C@H](O)C(CO)=C[C@H](C4=O)[C@@H]1C2(C)CO. The maximum atomic E-state index is 14.8. The van der Waals surface area contributed by atoms with Gasteiger partial charge < -0.3 is 29.9 Å². The molecule has 2 unspecified atom stereocenters. The summed E-state index contributed by atoms with van der Waals surface area (Å²) in [4.78, 5) is 41.2. The van der Waals surface area contributed by atoms with Gasteiger partial charge in [-0.25, -0.2) is 0 Å². The second-order valence-corrected chi connectivity index (χ2v) is 14.3. The van der Waals surface area contributed by atoms with E-state index in [0.717, 1.165) is 25.7 Å². The Labute approximate surface area is 255 Å². The minimum Gasteiger partial charge on any atom is -0.458 e. The monoisotopic (exact) mass is 604 g/mol. The molecular weight excluding hydrogens is 552 g/mol. The fraction of sp³-hybridized carbons (Fsp3) is 0.794. The van der Waals surface area contributed by atoms with Gasteiger partial charge in [-0.05, 0) is 42.7 Å². The third-order valence-electron chi connectivity index (χ3n) is 11.5. The van der Waals surface area contributed by atoms with Crippen LogP contribution in [0, 0.1) is 40.4 Å². The lowest BCUT2D eigenvalue weighted by Crippen LogP contribution is -2.66. The molecule has 4 N–H and O–H groups in total. The van der Waals surface area contributed by atoms with Crippen molar-refractivity contribution in [1.29, 1.82) is 0 Å². The van der Waals surface area contributed by atoms with Crippen molar-refractivity contribution in [2.75, 3.05) is 13.2 Å². The van der Waals surface area contributed by atoms with Crippen molar-refractivity contribution in [1.82, 2.24) is 0 Å². The minimum atomic E-state index is -2.31. The molecule has 2 bridgehead atoms. The molecule has 0 heterocycles. The van der Waals surface area contributed by atoms with Crippen LogP contribution in [0.15, 0.2) is 23.3 Å². The van der Waals surface area contributed by atoms with Crippen LogP contribution in [0.5, 0.6) is 0 Å². The molecule has 4 aliphatic rings. The number of aliphatic hydroxyl groups is 4. The Hall–Kier alpha value is -2.07. The molecule has 0 aromatic heterocycles. The van der Waals surface area contributed by atoms with Crippen molar-refractivity contribution < 1.29 is 44.3 Å². The molecule has 0 radical (unpaired) electrons. The van der Waals surface area contributed by atoms with Crippen LogP contribution >= 0.6 is 0 Å². The van der Waals surface area contributed by atoms with E-state index < -0.39 is 76.3 Å². The molecule has 9 nitrogen and oxygen atoms in total. The van der Waals surface area contributed by atoms with Gasteiger partial charge in [-0.2, -0.15) is 0 Å². The van der Waals surface area contributed by atoms with Gasteiger partial charge in [0.2, 0.25) is 0 Å². The van der Waals surface area contributed by atoms with Crippen molar-refractivity contribution in [3.05, 3.63) is 23.3 Å². The fourth-order valence-electron chi connectivity index (χ4n) is 8.56. The van der Waals surface area contributed by atoms with Gasteiger partial charge >= 0.3 is 11.9 Å². The van der Waals surface area contributed by atoms with Crippen molar-refractivity contribution in [3.63, 3.8) is 0 Å². The van der Waals surface area contributed by atoms with Gasteiger partial charge in [0, 0.05) is 23.7 Å². The van der Waals surface area contributed by atoms with Gasteiger partial charge in [0.25, 0.3) is 0 Å². The van der Waals surface area contributed by atoms with Crippen molar-refractivity contribution in [2.45, 2.75) is 117 Å². The van der Waals surface area contributed by atoms with Gasteiger partial charge in [0.15, 0.2) is 17.5 Å². The minimum absolute atomic E-state index is 0.0289. The number of Topliss-reactive ketones (excluding diaryl/α,β-unsaturated/α-hetero) is 1. The van der Waals surface area contributed by atoms with E-state index in [0.29, 0.717) is 12.0 Å². The zero-order valence-electron chi connectivity index (χ0n) is 26.9. The van der Waals surface area contributed by atoms with E-state index in [1.807, 2.05) is 13.8 Å². The lowest BCUT2D eigenvalue weighted by molar-refractivity contribution is -0.207. The largest absolute Gasteiger partial charge is 0.458 e. The van der Waals surface area contributed by atoms with Crippen LogP contribution in [0.3, 0.4) is 0 Å². The first kappa shape index (κ1) is 33.8. The first-order chi connectivity index (χ1) is 20.1. The number of aliphatic hydroxyl groups excluding tert-OH is 3. The number of fused-ring (bicyclic) bond motifs is 3. The molecule has 1 spiro atoms. The van der Waals surface area contributed by atoms with Gasteiger partial charge in [0.05, 0.1) is 24.5 Å². The lowest BCUT2D eigenvalue weighted by atomic mass is 9.58. The maximum Gasteiger partial charge on any atom is 0.309 e.